The van der Waals surface area contributed by atoms with Crippen molar-refractivity contribution >= 4 is 32.4 Å². The quantitative estimate of drug-likeness (QED) is 0.231. The molecule has 1 heterocycles. The van der Waals surface area contributed by atoms with Crippen molar-refractivity contribution < 1.29 is 19.8 Å². The molecule has 1 aromatic heterocycles. The third kappa shape index (κ3) is 6.66. The Bertz CT molecular complexity index is 1190. The number of nitrogens with one attached hydrogen (secondary N) is 1. The van der Waals surface area contributed by atoms with E-state index in [1.165, 1.54) is 18.7 Å². The summed E-state index contributed by atoms with van der Waals surface area (Å²) in [6, 6.07) is 16.2. The summed E-state index contributed by atoms with van der Waals surface area (Å²) in [5, 5.41) is 17.2. The van der Waals surface area contributed by atoms with Crippen LogP contribution in [0.25, 0.3) is 32.9 Å². The van der Waals surface area contributed by atoms with Crippen molar-refractivity contribution in [2.75, 3.05) is 13.7 Å². The minimum Gasteiger partial charge on any atom is -0.494 e. The average molecular weight is 539 g/mol. The summed E-state index contributed by atoms with van der Waals surface area (Å²) in [5.41, 5.74) is 7.46. The number of benzene rings is 2. The standard InChI is InChI=1S/C25H23BrN2O3.C3H8O/c1-5-19-21(25(29)28-30)24(31-4)22(27-23(19)20(26)6-2)18-13-11-17(12-14-18)16-9-7-15(3)8-10-16;1-2-3-4/h5-14,30H,1H2,2-4H3,(H,28,29);4H,2-3H2,1H3/b20-6+;. The molecule has 0 unspecified atom stereocenters. The highest BCUT2D eigenvalue weighted by Crippen LogP contribution is 2.39. The van der Waals surface area contributed by atoms with Crippen molar-refractivity contribution in [1.29, 1.82) is 0 Å². The Hall–Kier alpha value is -3.26. The molecular weight excluding hydrogens is 508 g/mol. The van der Waals surface area contributed by atoms with E-state index in [4.69, 9.17) is 14.8 Å². The van der Waals surface area contributed by atoms with Crippen molar-refractivity contribution in [3.05, 3.63) is 83.6 Å². The van der Waals surface area contributed by atoms with Gasteiger partial charge in [-0.05, 0) is 47.3 Å². The van der Waals surface area contributed by atoms with Gasteiger partial charge in [0.25, 0.3) is 5.91 Å². The number of nitrogens with zero attached hydrogens (tertiary/aromatic N) is 1. The van der Waals surface area contributed by atoms with Gasteiger partial charge in [0.1, 0.15) is 5.69 Å². The second kappa shape index (κ2) is 13.6. The lowest BCUT2D eigenvalue weighted by Crippen LogP contribution is -2.22. The molecule has 3 aromatic rings. The van der Waals surface area contributed by atoms with Gasteiger partial charge in [0.05, 0.1) is 18.4 Å². The molecule has 3 rings (SSSR count). The molecule has 0 fully saturated rings. The van der Waals surface area contributed by atoms with E-state index in [1.54, 1.807) is 5.48 Å². The van der Waals surface area contributed by atoms with Gasteiger partial charge in [-0.3, -0.25) is 10.0 Å². The minimum atomic E-state index is -0.704. The van der Waals surface area contributed by atoms with E-state index in [-0.39, 0.29) is 11.3 Å². The maximum Gasteiger partial charge on any atom is 0.279 e. The van der Waals surface area contributed by atoms with Gasteiger partial charge in [0, 0.05) is 22.2 Å². The molecule has 6 nitrogen and oxygen atoms in total. The zero-order chi connectivity index (χ0) is 26.0. The number of methoxy groups -OCH3 is 1. The van der Waals surface area contributed by atoms with Crippen LogP contribution in [0.15, 0.2) is 61.2 Å². The second-order valence-corrected chi connectivity index (χ2v) is 8.43. The lowest BCUT2D eigenvalue weighted by atomic mass is 9.97. The zero-order valence-electron chi connectivity index (χ0n) is 20.4. The number of rotatable bonds is 7. The number of aromatic nitrogens is 1. The highest BCUT2D eigenvalue weighted by Gasteiger charge is 2.25. The summed E-state index contributed by atoms with van der Waals surface area (Å²) in [6.45, 7) is 9.97. The maximum absolute atomic E-state index is 12.5. The topological polar surface area (TPSA) is 91.7 Å². The first-order valence-corrected chi connectivity index (χ1v) is 11.9. The fourth-order valence-electron chi connectivity index (χ4n) is 3.34. The van der Waals surface area contributed by atoms with Crippen LogP contribution in [0, 0.1) is 6.92 Å². The highest BCUT2D eigenvalue weighted by atomic mass is 79.9. The predicted octanol–water partition coefficient (Wildman–Crippen LogP) is 6.64. The lowest BCUT2D eigenvalue weighted by molar-refractivity contribution is 0.0702. The van der Waals surface area contributed by atoms with Crippen LogP contribution in [-0.2, 0) is 0 Å². The first-order valence-electron chi connectivity index (χ1n) is 11.2. The number of hydroxylamine groups is 1. The van der Waals surface area contributed by atoms with E-state index in [2.05, 4.69) is 53.7 Å². The molecule has 2 aromatic carbocycles. The Morgan fingerprint density at radius 1 is 1.11 bits per heavy atom. The minimum absolute atomic E-state index is 0.154. The van der Waals surface area contributed by atoms with Crippen LogP contribution < -0.4 is 10.2 Å². The third-order valence-electron chi connectivity index (χ3n) is 5.17. The molecule has 0 atom stereocenters. The van der Waals surface area contributed by atoms with E-state index in [1.807, 2.05) is 44.2 Å². The Kier molecular flexibility index (Phi) is 10.9. The fourth-order valence-corrected chi connectivity index (χ4v) is 3.64. The van der Waals surface area contributed by atoms with Gasteiger partial charge in [0.15, 0.2) is 5.75 Å². The molecule has 0 aliphatic carbocycles. The molecule has 0 aliphatic heterocycles. The molecular formula is C28H31BrN2O4. The molecule has 35 heavy (non-hydrogen) atoms. The van der Waals surface area contributed by atoms with Gasteiger partial charge >= 0.3 is 0 Å². The van der Waals surface area contributed by atoms with E-state index in [0.717, 1.165) is 23.1 Å². The first-order chi connectivity index (χ1) is 16.9. The molecule has 7 heteroatoms. The second-order valence-electron chi connectivity index (χ2n) is 7.58. The summed E-state index contributed by atoms with van der Waals surface area (Å²) in [7, 11) is 1.46. The number of hydrogen-bond acceptors (Lipinski definition) is 5. The number of ether oxygens (including phenoxy) is 1. The molecule has 0 spiro atoms. The van der Waals surface area contributed by atoms with Gasteiger partial charge in [-0.2, -0.15) is 0 Å². The molecule has 0 saturated heterocycles. The number of carbonyl (C=O) groups excluding carboxylic acids is 1. The van der Waals surface area contributed by atoms with Crippen molar-refractivity contribution in [2.45, 2.75) is 27.2 Å². The van der Waals surface area contributed by atoms with Crippen LogP contribution in [0.5, 0.6) is 5.75 Å². The van der Waals surface area contributed by atoms with Crippen molar-refractivity contribution in [2.24, 2.45) is 0 Å². The number of aliphatic hydroxyl groups is 1. The van der Waals surface area contributed by atoms with Gasteiger partial charge in [-0.25, -0.2) is 10.5 Å². The fraction of sp³-hybridized carbons (Fsp3) is 0.214. The molecule has 1 amide bonds. The number of aryl methyl sites for hydroxylation is 1. The van der Waals surface area contributed by atoms with Gasteiger partial charge in [-0.1, -0.05) is 79.7 Å². The average Bonchev–Trinajstić information content (AvgIpc) is 2.91. The number of aliphatic hydroxyl groups excluding tert-OH is 1. The molecule has 3 N–H and O–H groups in total. The normalized spacial score (nSPS) is 10.8. The van der Waals surface area contributed by atoms with E-state index in [9.17, 15) is 10.0 Å². The number of carbonyl (C=O) groups is 1. The molecule has 0 aliphatic rings. The Balaban J connectivity index is 0.00000100. The Morgan fingerprint density at radius 2 is 1.63 bits per heavy atom. The summed E-state index contributed by atoms with van der Waals surface area (Å²) in [4.78, 5) is 17.3. The Labute approximate surface area is 215 Å². The van der Waals surface area contributed by atoms with Crippen LogP contribution in [0.2, 0.25) is 0 Å². The number of amides is 1. The van der Waals surface area contributed by atoms with E-state index in [0.29, 0.717) is 28.0 Å². The maximum atomic E-state index is 12.5. The third-order valence-corrected chi connectivity index (χ3v) is 6.01. The molecule has 184 valence electrons. The summed E-state index contributed by atoms with van der Waals surface area (Å²) >= 11 is 3.50. The highest BCUT2D eigenvalue weighted by molar-refractivity contribution is 9.15. The summed E-state index contributed by atoms with van der Waals surface area (Å²) < 4.78 is 6.27. The van der Waals surface area contributed by atoms with Crippen LogP contribution in [0.3, 0.4) is 0 Å². The number of halogens is 1. The molecule has 0 radical (unpaired) electrons. The predicted molar refractivity (Wildman–Crippen MR) is 146 cm³/mol. The zero-order valence-corrected chi connectivity index (χ0v) is 22.0. The number of allylic oxidation sites excluding steroid dienone is 1. The largest absolute Gasteiger partial charge is 0.494 e. The van der Waals surface area contributed by atoms with Gasteiger partial charge in [0.2, 0.25) is 0 Å². The summed E-state index contributed by atoms with van der Waals surface area (Å²) in [6.07, 6.45) is 4.22. The molecule has 0 saturated carbocycles. The smallest absolute Gasteiger partial charge is 0.279 e. The lowest BCUT2D eigenvalue weighted by Gasteiger charge is -2.18. The first kappa shape index (κ1) is 28.0. The summed E-state index contributed by atoms with van der Waals surface area (Å²) in [5.74, 6) is -0.450. The van der Waals surface area contributed by atoms with E-state index < -0.39 is 5.91 Å². The van der Waals surface area contributed by atoms with E-state index >= 15 is 0 Å². The van der Waals surface area contributed by atoms with Gasteiger partial charge in [-0.15, -0.1) is 0 Å². The van der Waals surface area contributed by atoms with Crippen LogP contribution >= 0.6 is 15.9 Å². The van der Waals surface area contributed by atoms with Crippen LogP contribution in [0.1, 0.15) is 47.4 Å². The van der Waals surface area contributed by atoms with Crippen molar-refractivity contribution in [1.82, 2.24) is 10.5 Å². The van der Waals surface area contributed by atoms with Crippen molar-refractivity contribution in [3.8, 4) is 28.1 Å². The van der Waals surface area contributed by atoms with Crippen LogP contribution in [-0.4, -0.2) is 34.9 Å². The monoisotopic (exact) mass is 538 g/mol. The number of hydrogen-bond donors (Lipinski definition) is 3. The Morgan fingerprint density at radius 3 is 2.06 bits per heavy atom. The SMILES string of the molecule is C=Cc1c(/C(Br)=C\C)nc(-c2ccc(-c3ccc(C)cc3)cc2)c(OC)c1C(=O)NO.CCCO. The van der Waals surface area contributed by atoms with Crippen LogP contribution in [0.4, 0.5) is 0 Å². The van der Waals surface area contributed by atoms with Crippen molar-refractivity contribution in [3.63, 3.8) is 0 Å². The molecule has 0 bridgehead atoms. The van der Waals surface area contributed by atoms with Gasteiger partial charge < -0.3 is 9.84 Å². The number of pyridine rings is 1.